The number of halogens is 1. The molecule has 2 heterocycles. The maximum atomic E-state index is 12.8. The predicted octanol–water partition coefficient (Wildman–Crippen LogP) is 3.71. The van der Waals surface area contributed by atoms with Crippen LogP contribution in [-0.4, -0.2) is 40.1 Å². The van der Waals surface area contributed by atoms with E-state index in [1.54, 1.807) is 41.2 Å². The minimum absolute atomic E-state index is 0.0388. The molecule has 0 saturated heterocycles. The molecule has 1 aromatic heterocycles. The maximum absolute atomic E-state index is 12.8. The minimum Gasteiger partial charge on any atom is -0.452 e. The fraction of sp³-hybridized carbons (Fsp3) is 0.174. The lowest BCUT2D eigenvalue weighted by atomic mass is 10.1. The first kappa shape index (κ1) is 22.2. The van der Waals surface area contributed by atoms with Gasteiger partial charge in [0.2, 0.25) is 0 Å². The van der Waals surface area contributed by atoms with Gasteiger partial charge in [0.15, 0.2) is 6.61 Å². The molecule has 0 radical (unpaired) electrons. The minimum atomic E-state index is -0.796. The molecule has 9 nitrogen and oxygen atoms in total. The molecule has 1 aliphatic heterocycles. The number of ether oxygens (including phenoxy) is 1. The van der Waals surface area contributed by atoms with Crippen LogP contribution in [0.3, 0.4) is 0 Å². The molecule has 1 aliphatic rings. The molecule has 0 spiro atoms. The number of esters is 1. The van der Waals surface area contributed by atoms with Gasteiger partial charge in [-0.2, -0.15) is 5.10 Å². The van der Waals surface area contributed by atoms with Crippen LogP contribution in [0.25, 0.3) is 0 Å². The highest BCUT2D eigenvalue weighted by Gasteiger charge is 2.37. The van der Waals surface area contributed by atoms with Gasteiger partial charge in [-0.05, 0) is 56.3 Å². The smallest absolute Gasteiger partial charge is 0.338 e. The number of imide groups is 1. The first-order valence-electron chi connectivity index (χ1n) is 10.0. The number of benzene rings is 2. The number of carbonyl (C=O) groups excluding carboxylic acids is 4. The van der Waals surface area contributed by atoms with E-state index in [0.29, 0.717) is 16.5 Å². The van der Waals surface area contributed by atoms with Crippen LogP contribution in [0.15, 0.2) is 54.7 Å². The van der Waals surface area contributed by atoms with E-state index in [0.717, 1.165) is 4.90 Å². The average Bonchev–Trinajstić information content (AvgIpc) is 3.35. The molecule has 33 heavy (non-hydrogen) atoms. The molecular weight excluding hydrogens is 448 g/mol. The van der Waals surface area contributed by atoms with Gasteiger partial charge in [-0.3, -0.25) is 14.4 Å². The van der Waals surface area contributed by atoms with E-state index in [1.807, 2.05) is 13.8 Å². The van der Waals surface area contributed by atoms with E-state index in [9.17, 15) is 19.2 Å². The third-order valence-electron chi connectivity index (χ3n) is 4.97. The fourth-order valence-electron chi connectivity index (χ4n) is 3.41. The second kappa shape index (κ2) is 8.87. The fourth-order valence-corrected chi connectivity index (χ4v) is 3.54. The van der Waals surface area contributed by atoms with Gasteiger partial charge in [0.1, 0.15) is 5.82 Å². The number of anilines is 2. The monoisotopic (exact) mass is 466 g/mol. The van der Waals surface area contributed by atoms with Gasteiger partial charge in [0.25, 0.3) is 17.7 Å². The summed E-state index contributed by atoms with van der Waals surface area (Å²) in [5.41, 5.74) is 0.667. The zero-order chi connectivity index (χ0) is 23.7. The summed E-state index contributed by atoms with van der Waals surface area (Å²) in [6.45, 7) is 3.30. The lowest BCUT2D eigenvalue weighted by molar-refractivity contribution is -0.119. The molecule has 2 aromatic carbocycles. The van der Waals surface area contributed by atoms with Crippen LogP contribution in [-0.2, 0) is 9.53 Å². The molecule has 3 amide bonds. The number of amides is 3. The van der Waals surface area contributed by atoms with Crippen molar-refractivity contribution in [2.75, 3.05) is 16.8 Å². The van der Waals surface area contributed by atoms with Crippen LogP contribution in [0.1, 0.15) is 51.0 Å². The molecule has 4 rings (SSSR count). The van der Waals surface area contributed by atoms with Gasteiger partial charge >= 0.3 is 5.97 Å². The molecule has 1 N–H and O–H groups in total. The highest BCUT2D eigenvalue weighted by Crippen LogP contribution is 2.30. The summed E-state index contributed by atoms with van der Waals surface area (Å²) in [4.78, 5) is 51.2. The number of fused-ring (bicyclic) bond motifs is 1. The van der Waals surface area contributed by atoms with Crippen molar-refractivity contribution in [2.24, 2.45) is 0 Å². The topological polar surface area (TPSA) is 111 Å². The van der Waals surface area contributed by atoms with Gasteiger partial charge in [-0.15, -0.1) is 0 Å². The van der Waals surface area contributed by atoms with E-state index in [1.165, 1.54) is 18.2 Å². The summed E-state index contributed by atoms with van der Waals surface area (Å²) < 4.78 is 6.70. The van der Waals surface area contributed by atoms with Crippen molar-refractivity contribution < 1.29 is 23.9 Å². The molecular formula is C23H19ClN4O5. The molecule has 0 atom stereocenters. The van der Waals surface area contributed by atoms with Crippen molar-refractivity contribution in [2.45, 2.75) is 19.9 Å². The van der Waals surface area contributed by atoms with E-state index < -0.39 is 30.3 Å². The molecule has 0 saturated carbocycles. The normalized spacial score (nSPS) is 12.8. The van der Waals surface area contributed by atoms with Crippen LogP contribution in [0, 0.1) is 0 Å². The van der Waals surface area contributed by atoms with E-state index in [-0.39, 0.29) is 22.7 Å². The number of rotatable bonds is 6. The molecule has 10 heteroatoms. The van der Waals surface area contributed by atoms with Crippen molar-refractivity contribution in [1.82, 2.24) is 9.78 Å². The Kier molecular flexibility index (Phi) is 5.97. The first-order valence-corrected chi connectivity index (χ1v) is 10.4. The van der Waals surface area contributed by atoms with Crippen molar-refractivity contribution in [1.29, 1.82) is 0 Å². The Hall–Kier alpha value is -3.98. The first-order chi connectivity index (χ1) is 15.8. The highest BCUT2D eigenvalue weighted by atomic mass is 35.5. The average molecular weight is 467 g/mol. The van der Waals surface area contributed by atoms with Gasteiger partial charge < -0.3 is 10.1 Å². The second-order valence-electron chi connectivity index (χ2n) is 7.56. The highest BCUT2D eigenvalue weighted by molar-refractivity contribution is 6.35. The second-order valence-corrected chi connectivity index (χ2v) is 8.00. The van der Waals surface area contributed by atoms with Gasteiger partial charge in [0.05, 0.1) is 28.6 Å². The van der Waals surface area contributed by atoms with Crippen molar-refractivity contribution in [3.05, 3.63) is 76.4 Å². The molecule has 0 bridgehead atoms. The number of hydrogen-bond acceptors (Lipinski definition) is 6. The van der Waals surface area contributed by atoms with E-state index in [4.69, 9.17) is 16.3 Å². The van der Waals surface area contributed by atoms with Crippen LogP contribution in [0.5, 0.6) is 0 Å². The van der Waals surface area contributed by atoms with Crippen LogP contribution in [0.2, 0.25) is 5.02 Å². The third kappa shape index (κ3) is 4.35. The number of hydrogen-bond donors (Lipinski definition) is 1. The van der Waals surface area contributed by atoms with Crippen LogP contribution < -0.4 is 10.2 Å². The Bertz CT molecular complexity index is 1270. The summed E-state index contributed by atoms with van der Waals surface area (Å²) >= 11 is 5.88. The van der Waals surface area contributed by atoms with Crippen molar-refractivity contribution in [3.8, 4) is 0 Å². The van der Waals surface area contributed by atoms with Crippen LogP contribution in [0.4, 0.5) is 11.5 Å². The van der Waals surface area contributed by atoms with Crippen molar-refractivity contribution >= 4 is 46.8 Å². The largest absolute Gasteiger partial charge is 0.452 e. The Balaban J connectivity index is 1.44. The number of nitrogens with one attached hydrogen (secondary N) is 1. The lowest BCUT2D eigenvalue weighted by Gasteiger charge is -2.13. The Morgan fingerprint density at radius 1 is 1.03 bits per heavy atom. The van der Waals surface area contributed by atoms with Gasteiger partial charge in [-0.1, -0.05) is 11.6 Å². The zero-order valence-corrected chi connectivity index (χ0v) is 18.5. The molecule has 3 aromatic rings. The standard InChI is InChI=1S/C23H19ClN4O5/c1-13(2)28-19(9-10-25-28)26-20(29)12-33-23(32)14-3-8-17-18(11-14)22(31)27(21(17)30)16-6-4-15(24)5-7-16/h3-11,13H,12H2,1-2H3,(H,26,29). The zero-order valence-electron chi connectivity index (χ0n) is 17.7. The Morgan fingerprint density at radius 2 is 1.73 bits per heavy atom. The van der Waals surface area contributed by atoms with Gasteiger partial charge in [-0.25, -0.2) is 14.4 Å². The van der Waals surface area contributed by atoms with E-state index >= 15 is 0 Å². The Morgan fingerprint density at radius 3 is 2.42 bits per heavy atom. The summed E-state index contributed by atoms with van der Waals surface area (Å²) in [7, 11) is 0. The summed E-state index contributed by atoms with van der Waals surface area (Å²) in [6, 6.07) is 12.0. The Labute approximate surface area is 193 Å². The SMILES string of the molecule is CC(C)n1nccc1NC(=O)COC(=O)c1ccc2c(c1)C(=O)N(c1ccc(Cl)cc1)C2=O. The maximum Gasteiger partial charge on any atom is 0.338 e. The summed E-state index contributed by atoms with van der Waals surface area (Å²) in [6.07, 6.45) is 1.55. The molecule has 0 aliphatic carbocycles. The number of carbonyl (C=O) groups is 4. The predicted molar refractivity (Wildman–Crippen MR) is 121 cm³/mol. The summed E-state index contributed by atoms with van der Waals surface area (Å²) in [5.74, 6) is -1.91. The molecule has 0 fully saturated rings. The third-order valence-corrected chi connectivity index (χ3v) is 5.22. The van der Waals surface area contributed by atoms with E-state index in [2.05, 4.69) is 10.4 Å². The number of aromatic nitrogens is 2. The van der Waals surface area contributed by atoms with Crippen LogP contribution >= 0.6 is 11.6 Å². The summed E-state index contributed by atoms with van der Waals surface area (Å²) in [5, 5.41) is 7.22. The lowest BCUT2D eigenvalue weighted by Crippen LogP contribution is -2.29. The van der Waals surface area contributed by atoms with Crippen molar-refractivity contribution in [3.63, 3.8) is 0 Å². The number of nitrogens with zero attached hydrogens (tertiary/aromatic N) is 3. The van der Waals surface area contributed by atoms with Gasteiger partial charge in [0, 0.05) is 17.1 Å². The quantitative estimate of drug-likeness (QED) is 0.438. The molecule has 168 valence electrons. The molecule has 0 unspecified atom stereocenters.